The fourth-order valence-corrected chi connectivity index (χ4v) is 1.51. The van der Waals surface area contributed by atoms with Gasteiger partial charge in [0.25, 0.3) is 0 Å². The number of amides is 1. The molecule has 1 rings (SSSR count). The van der Waals surface area contributed by atoms with E-state index >= 15 is 0 Å². The molecule has 0 fully saturated rings. The average molecular weight is 258 g/mol. The quantitative estimate of drug-likeness (QED) is 0.831. The number of benzene rings is 1. The van der Waals surface area contributed by atoms with Crippen LogP contribution in [0.25, 0.3) is 0 Å². The molecule has 0 saturated carbocycles. The first-order valence-corrected chi connectivity index (χ1v) is 5.45. The van der Waals surface area contributed by atoms with Gasteiger partial charge in [-0.05, 0) is 13.0 Å². The normalized spacial score (nSPS) is 14.1. The molecule has 1 unspecified atom stereocenters. The zero-order valence-corrected chi connectivity index (χ0v) is 10.2. The number of carbonyl (C=O) groups is 1. The van der Waals surface area contributed by atoms with E-state index in [2.05, 4.69) is 5.32 Å². The van der Waals surface area contributed by atoms with Crippen molar-refractivity contribution in [2.24, 2.45) is 5.73 Å². The van der Waals surface area contributed by atoms with Gasteiger partial charge in [-0.3, -0.25) is 4.79 Å². The van der Waals surface area contributed by atoms with E-state index in [1.54, 1.807) is 6.92 Å². The maximum Gasteiger partial charge on any atom is 0.239 e. The average Bonchev–Trinajstić information content (AvgIpc) is 2.28. The second-order valence-corrected chi connectivity index (χ2v) is 3.96. The molecule has 2 atom stereocenters. The molecule has 0 spiro atoms. The van der Waals surface area contributed by atoms with Crippen molar-refractivity contribution in [1.29, 1.82) is 0 Å². The van der Waals surface area contributed by atoms with Crippen LogP contribution in [-0.2, 0) is 9.53 Å². The van der Waals surface area contributed by atoms with E-state index in [0.29, 0.717) is 0 Å². The molecular formula is C12H16F2N2O2. The molecule has 0 bridgehead atoms. The Kier molecular flexibility index (Phi) is 5.18. The SMILES string of the molecule is COCC(N)C(=O)N[C@H](C)c1ccc(F)cc1F. The van der Waals surface area contributed by atoms with E-state index in [-0.39, 0.29) is 12.2 Å². The Balaban J connectivity index is 2.70. The van der Waals surface area contributed by atoms with Crippen molar-refractivity contribution in [2.75, 3.05) is 13.7 Å². The number of nitrogens with one attached hydrogen (secondary N) is 1. The molecule has 1 aromatic carbocycles. The Morgan fingerprint density at radius 3 is 2.72 bits per heavy atom. The lowest BCUT2D eigenvalue weighted by molar-refractivity contribution is -0.124. The second kappa shape index (κ2) is 6.42. The zero-order valence-electron chi connectivity index (χ0n) is 10.2. The summed E-state index contributed by atoms with van der Waals surface area (Å²) in [5.74, 6) is -1.82. The van der Waals surface area contributed by atoms with E-state index in [9.17, 15) is 13.6 Å². The van der Waals surface area contributed by atoms with Crippen LogP contribution in [0.2, 0.25) is 0 Å². The third kappa shape index (κ3) is 3.75. The molecule has 6 heteroatoms. The van der Waals surface area contributed by atoms with Gasteiger partial charge in [0, 0.05) is 18.7 Å². The second-order valence-electron chi connectivity index (χ2n) is 3.96. The summed E-state index contributed by atoms with van der Waals surface area (Å²) in [4.78, 5) is 11.6. The van der Waals surface area contributed by atoms with Gasteiger partial charge in [0.2, 0.25) is 5.91 Å². The van der Waals surface area contributed by atoms with Crippen LogP contribution >= 0.6 is 0 Å². The molecule has 0 heterocycles. The molecule has 1 aromatic rings. The van der Waals surface area contributed by atoms with Crippen molar-refractivity contribution in [3.05, 3.63) is 35.4 Å². The minimum absolute atomic E-state index is 0.0739. The van der Waals surface area contributed by atoms with Gasteiger partial charge in [-0.25, -0.2) is 8.78 Å². The number of carbonyl (C=O) groups excluding carboxylic acids is 1. The topological polar surface area (TPSA) is 64.3 Å². The third-order valence-corrected chi connectivity index (χ3v) is 2.47. The van der Waals surface area contributed by atoms with E-state index in [4.69, 9.17) is 10.5 Å². The summed E-state index contributed by atoms with van der Waals surface area (Å²) in [6.07, 6.45) is 0. The van der Waals surface area contributed by atoms with Crippen LogP contribution in [0, 0.1) is 11.6 Å². The highest BCUT2D eigenvalue weighted by Crippen LogP contribution is 2.17. The van der Waals surface area contributed by atoms with Crippen LogP contribution in [0.15, 0.2) is 18.2 Å². The molecule has 0 aliphatic heterocycles. The zero-order chi connectivity index (χ0) is 13.7. The first kappa shape index (κ1) is 14.5. The Morgan fingerprint density at radius 2 is 2.17 bits per heavy atom. The predicted molar refractivity (Wildman–Crippen MR) is 62.8 cm³/mol. The van der Waals surface area contributed by atoms with Crippen molar-refractivity contribution in [3.63, 3.8) is 0 Å². The monoisotopic (exact) mass is 258 g/mol. The molecule has 0 saturated heterocycles. The molecule has 0 aliphatic rings. The first-order valence-electron chi connectivity index (χ1n) is 5.45. The number of methoxy groups -OCH3 is 1. The van der Waals surface area contributed by atoms with Crippen LogP contribution in [0.1, 0.15) is 18.5 Å². The maximum absolute atomic E-state index is 13.5. The molecule has 4 nitrogen and oxygen atoms in total. The lowest BCUT2D eigenvalue weighted by Gasteiger charge is -2.18. The summed E-state index contributed by atoms with van der Waals surface area (Å²) in [5, 5.41) is 2.53. The Morgan fingerprint density at radius 1 is 1.50 bits per heavy atom. The molecule has 0 aliphatic carbocycles. The Hall–Kier alpha value is -1.53. The summed E-state index contributed by atoms with van der Waals surface area (Å²) < 4.78 is 30.9. The van der Waals surface area contributed by atoms with Crippen molar-refractivity contribution in [2.45, 2.75) is 19.0 Å². The van der Waals surface area contributed by atoms with Crippen molar-refractivity contribution in [1.82, 2.24) is 5.32 Å². The van der Waals surface area contributed by atoms with Gasteiger partial charge in [-0.1, -0.05) is 6.07 Å². The minimum atomic E-state index is -0.819. The molecule has 3 N–H and O–H groups in total. The fourth-order valence-electron chi connectivity index (χ4n) is 1.51. The smallest absolute Gasteiger partial charge is 0.239 e. The summed E-state index contributed by atoms with van der Waals surface area (Å²) >= 11 is 0. The molecule has 18 heavy (non-hydrogen) atoms. The Labute approximate surface area is 104 Å². The number of rotatable bonds is 5. The van der Waals surface area contributed by atoms with Crippen LogP contribution in [0.3, 0.4) is 0 Å². The minimum Gasteiger partial charge on any atom is -0.383 e. The van der Waals surface area contributed by atoms with Gasteiger partial charge in [0.05, 0.1) is 12.6 Å². The summed E-state index contributed by atoms with van der Waals surface area (Å²) in [6.45, 7) is 1.66. The van der Waals surface area contributed by atoms with Gasteiger partial charge in [0.1, 0.15) is 17.7 Å². The summed E-state index contributed by atoms with van der Waals surface area (Å²) in [7, 11) is 1.43. The highest BCUT2D eigenvalue weighted by molar-refractivity contribution is 5.82. The standard InChI is InChI=1S/C12H16F2N2O2/c1-7(16-12(17)11(15)6-18-2)9-4-3-8(13)5-10(9)14/h3-5,7,11H,6,15H2,1-2H3,(H,16,17)/t7-,11?/m1/s1. The summed E-state index contributed by atoms with van der Waals surface area (Å²) in [5.41, 5.74) is 5.73. The largest absolute Gasteiger partial charge is 0.383 e. The molecule has 1 amide bonds. The van der Waals surface area contributed by atoms with Crippen molar-refractivity contribution in [3.8, 4) is 0 Å². The van der Waals surface area contributed by atoms with Crippen LogP contribution in [0.5, 0.6) is 0 Å². The van der Waals surface area contributed by atoms with Crippen molar-refractivity contribution < 1.29 is 18.3 Å². The van der Waals surface area contributed by atoms with Gasteiger partial charge in [0.15, 0.2) is 0 Å². The molecule has 0 aromatic heterocycles. The van der Waals surface area contributed by atoms with Gasteiger partial charge >= 0.3 is 0 Å². The molecular weight excluding hydrogens is 242 g/mol. The maximum atomic E-state index is 13.5. The Bertz CT molecular complexity index is 427. The third-order valence-electron chi connectivity index (χ3n) is 2.47. The highest BCUT2D eigenvalue weighted by atomic mass is 19.1. The fraction of sp³-hybridized carbons (Fsp3) is 0.417. The highest BCUT2D eigenvalue weighted by Gasteiger charge is 2.18. The van der Waals surface area contributed by atoms with Crippen LogP contribution in [-0.4, -0.2) is 25.7 Å². The van der Waals surface area contributed by atoms with Crippen LogP contribution in [0.4, 0.5) is 8.78 Å². The van der Waals surface area contributed by atoms with Gasteiger partial charge in [-0.15, -0.1) is 0 Å². The number of nitrogens with two attached hydrogens (primary N) is 1. The molecule has 100 valence electrons. The number of hydrogen-bond acceptors (Lipinski definition) is 3. The van der Waals surface area contributed by atoms with E-state index in [0.717, 1.165) is 12.1 Å². The predicted octanol–water partition coefficient (Wildman–Crippen LogP) is 1.12. The van der Waals surface area contributed by atoms with Crippen LogP contribution < -0.4 is 11.1 Å². The lowest BCUT2D eigenvalue weighted by Crippen LogP contribution is -2.44. The van der Waals surface area contributed by atoms with Gasteiger partial charge in [-0.2, -0.15) is 0 Å². The van der Waals surface area contributed by atoms with E-state index < -0.39 is 29.6 Å². The number of ether oxygens (including phenoxy) is 1. The van der Waals surface area contributed by atoms with E-state index in [1.807, 2.05) is 0 Å². The van der Waals surface area contributed by atoms with Gasteiger partial charge < -0.3 is 15.8 Å². The molecule has 0 radical (unpaired) electrons. The lowest BCUT2D eigenvalue weighted by atomic mass is 10.1. The summed E-state index contributed by atoms with van der Waals surface area (Å²) in [6, 6.07) is 1.78. The first-order chi connectivity index (χ1) is 8.45. The number of halogens is 2. The number of hydrogen-bond donors (Lipinski definition) is 2. The van der Waals surface area contributed by atoms with Crippen molar-refractivity contribution >= 4 is 5.91 Å². The van der Waals surface area contributed by atoms with E-state index in [1.165, 1.54) is 13.2 Å².